The second kappa shape index (κ2) is 6.34. The molecule has 0 aliphatic heterocycles. The van der Waals surface area contributed by atoms with E-state index in [1.165, 1.54) is 0 Å². The second-order valence-corrected chi connectivity index (χ2v) is 4.86. The van der Waals surface area contributed by atoms with Crippen molar-refractivity contribution in [2.75, 3.05) is 20.1 Å². The van der Waals surface area contributed by atoms with Gasteiger partial charge in [-0.25, -0.2) is 4.79 Å². The van der Waals surface area contributed by atoms with Crippen LogP contribution in [0.2, 0.25) is 0 Å². The molecule has 0 saturated carbocycles. The summed E-state index contributed by atoms with van der Waals surface area (Å²) < 4.78 is 5.14. The monoisotopic (exact) mass is 274 g/mol. The van der Waals surface area contributed by atoms with Crippen LogP contribution in [-0.4, -0.2) is 26.0 Å². The van der Waals surface area contributed by atoms with Crippen LogP contribution in [0.4, 0.5) is 0 Å². The number of hydrogen-bond donors (Lipinski definition) is 2. The number of fused-ring (bicyclic) bond motifs is 1. The molecular weight excluding hydrogens is 256 g/mol. The van der Waals surface area contributed by atoms with E-state index in [2.05, 4.69) is 10.6 Å². The number of carbonyl (C=O) groups is 1. The number of para-hydroxylation sites is 1. The minimum Gasteiger partial charge on any atom is -0.422 e. The van der Waals surface area contributed by atoms with Crippen LogP contribution in [0, 0.1) is 5.92 Å². The third-order valence-electron chi connectivity index (χ3n) is 3.05. The molecule has 5 heteroatoms. The molecule has 0 aliphatic carbocycles. The zero-order valence-electron chi connectivity index (χ0n) is 11.6. The summed E-state index contributed by atoms with van der Waals surface area (Å²) in [6, 6.07) is 8.69. The van der Waals surface area contributed by atoms with E-state index >= 15 is 0 Å². The first kappa shape index (κ1) is 14.3. The van der Waals surface area contributed by atoms with E-state index in [0.717, 1.165) is 11.9 Å². The number of rotatable bonds is 5. The molecule has 1 aromatic heterocycles. The molecule has 1 amide bonds. The van der Waals surface area contributed by atoms with Crippen molar-refractivity contribution in [1.82, 2.24) is 10.6 Å². The van der Waals surface area contributed by atoms with Crippen LogP contribution < -0.4 is 16.3 Å². The predicted octanol–water partition coefficient (Wildman–Crippen LogP) is 1.38. The molecule has 1 aromatic carbocycles. The number of benzene rings is 1. The Morgan fingerprint density at radius 1 is 1.30 bits per heavy atom. The van der Waals surface area contributed by atoms with Gasteiger partial charge in [0.15, 0.2) is 0 Å². The predicted molar refractivity (Wildman–Crippen MR) is 77.9 cm³/mol. The van der Waals surface area contributed by atoms with Crippen molar-refractivity contribution in [3.63, 3.8) is 0 Å². The highest BCUT2D eigenvalue weighted by molar-refractivity contribution is 5.96. The van der Waals surface area contributed by atoms with Gasteiger partial charge in [-0.05, 0) is 31.6 Å². The Morgan fingerprint density at radius 3 is 2.80 bits per heavy atom. The van der Waals surface area contributed by atoms with Crippen molar-refractivity contribution >= 4 is 16.9 Å². The van der Waals surface area contributed by atoms with Crippen LogP contribution in [0.5, 0.6) is 0 Å². The normalized spacial score (nSPS) is 12.3. The largest absolute Gasteiger partial charge is 0.422 e. The highest BCUT2D eigenvalue weighted by atomic mass is 16.4. The molecule has 1 atom stereocenters. The van der Waals surface area contributed by atoms with Crippen molar-refractivity contribution in [1.29, 1.82) is 0 Å². The van der Waals surface area contributed by atoms with Crippen LogP contribution in [0.15, 0.2) is 39.5 Å². The van der Waals surface area contributed by atoms with Gasteiger partial charge >= 0.3 is 5.63 Å². The quantitative estimate of drug-likeness (QED) is 0.808. The summed E-state index contributed by atoms with van der Waals surface area (Å²) in [5, 5.41) is 6.52. The van der Waals surface area contributed by atoms with Gasteiger partial charge in [0.05, 0.1) is 0 Å². The summed E-state index contributed by atoms with van der Waals surface area (Å²) in [7, 11) is 1.86. The highest BCUT2D eigenvalue weighted by Crippen LogP contribution is 2.12. The third kappa shape index (κ3) is 3.24. The summed E-state index contributed by atoms with van der Waals surface area (Å²) in [5.41, 5.74) is -0.0829. The summed E-state index contributed by atoms with van der Waals surface area (Å²) >= 11 is 0. The van der Waals surface area contributed by atoms with Gasteiger partial charge in [-0.3, -0.25) is 4.79 Å². The van der Waals surface area contributed by atoms with Gasteiger partial charge in [0.2, 0.25) is 0 Å². The average molecular weight is 274 g/mol. The maximum absolute atomic E-state index is 12.0. The average Bonchev–Trinajstić information content (AvgIpc) is 2.44. The number of hydrogen-bond acceptors (Lipinski definition) is 4. The van der Waals surface area contributed by atoms with Gasteiger partial charge in [0, 0.05) is 11.9 Å². The van der Waals surface area contributed by atoms with E-state index in [0.29, 0.717) is 12.1 Å². The van der Waals surface area contributed by atoms with Crippen molar-refractivity contribution in [3.05, 3.63) is 46.3 Å². The topological polar surface area (TPSA) is 71.3 Å². The zero-order valence-corrected chi connectivity index (χ0v) is 11.6. The van der Waals surface area contributed by atoms with Crippen molar-refractivity contribution in [3.8, 4) is 0 Å². The molecule has 2 aromatic rings. The highest BCUT2D eigenvalue weighted by Gasteiger charge is 2.14. The van der Waals surface area contributed by atoms with Gasteiger partial charge < -0.3 is 15.1 Å². The second-order valence-electron chi connectivity index (χ2n) is 4.86. The summed E-state index contributed by atoms with van der Waals surface area (Å²) in [4.78, 5) is 23.8. The molecule has 0 aliphatic rings. The fourth-order valence-corrected chi connectivity index (χ4v) is 2.00. The minimum absolute atomic E-state index is 0.0420. The summed E-state index contributed by atoms with van der Waals surface area (Å²) in [5.74, 6) is -0.107. The number of nitrogens with one attached hydrogen (secondary N) is 2. The molecule has 2 N–H and O–H groups in total. The minimum atomic E-state index is -0.609. The first-order chi connectivity index (χ1) is 9.61. The molecule has 0 spiro atoms. The van der Waals surface area contributed by atoms with Gasteiger partial charge in [0.1, 0.15) is 11.1 Å². The van der Waals surface area contributed by atoms with Crippen molar-refractivity contribution in [2.24, 2.45) is 5.92 Å². The maximum Gasteiger partial charge on any atom is 0.349 e. The Bertz CT molecular complexity index is 663. The molecular formula is C15H18N2O3. The lowest BCUT2D eigenvalue weighted by molar-refractivity contribution is 0.0944. The summed E-state index contributed by atoms with van der Waals surface area (Å²) in [6.45, 7) is 3.32. The third-order valence-corrected chi connectivity index (χ3v) is 3.05. The van der Waals surface area contributed by atoms with Gasteiger partial charge in [-0.2, -0.15) is 0 Å². The van der Waals surface area contributed by atoms with E-state index in [4.69, 9.17) is 4.42 Å². The van der Waals surface area contributed by atoms with E-state index in [-0.39, 0.29) is 11.5 Å². The Kier molecular flexibility index (Phi) is 4.53. The molecule has 0 fully saturated rings. The molecule has 106 valence electrons. The van der Waals surface area contributed by atoms with E-state index in [1.807, 2.05) is 20.0 Å². The van der Waals surface area contributed by atoms with Gasteiger partial charge in [-0.1, -0.05) is 25.1 Å². The van der Waals surface area contributed by atoms with E-state index in [1.54, 1.807) is 24.3 Å². The molecule has 20 heavy (non-hydrogen) atoms. The standard InChI is InChI=1S/C15H18N2O3/c1-10(8-16-2)9-17-14(18)12-7-11-5-3-4-6-13(11)20-15(12)19/h3-7,10,16H,8-9H2,1-2H3,(H,17,18). The van der Waals surface area contributed by atoms with E-state index in [9.17, 15) is 9.59 Å². The smallest absolute Gasteiger partial charge is 0.349 e. The number of amides is 1. The molecule has 0 saturated heterocycles. The zero-order chi connectivity index (χ0) is 14.5. The Balaban J connectivity index is 2.17. The van der Waals surface area contributed by atoms with Gasteiger partial charge in [-0.15, -0.1) is 0 Å². The SMILES string of the molecule is CNCC(C)CNC(=O)c1cc2ccccc2oc1=O. The lowest BCUT2D eigenvalue weighted by Gasteiger charge is -2.11. The Hall–Kier alpha value is -2.14. The lowest BCUT2D eigenvalue weighted by Crippen LogP contribution is -2.34. The summed E-state index contributed by atoms with van der Waals surface area (Å²) in [6.07, 6.45) is 0. The van der Waals surface area contributed by atoms with Crippen LogP contribution >= 0.6 is 0 Å². The first-order valence-electron chi connectivity index (χ1n) is 6.57. The lowest BCUT2D eigenvalue weighted by atomic mass is 10.1. The van der Waals surface area contributed by atoms with Crippen LogP contribution in [-0.2, 0) is 0 Å². The fourth-order valence-electron chi connectivity index (χ4n) is 2.00. The van der Waals surface area contributed by atoms with E-state index < -0.39 is 11.5 Å². The van der Waals surface area contributed by atoms with Crippen LogP contribution in [0.3, 0.4) is 0 Å². The molecule has 1 unspecified atom stereocenters. The number of carbonyl (C=O) groups excluding carboxylic acids is 1. The maximum atomic E-state index is 12.0. The molecule has 5 nitrogen and oxygen atoms in total. The van der Waals surface area contributed by atoms with Crippen LogP contribution in [0.25, 0.3) is 11.0 Å². The van der Waals surface area contributed by atoms with Gasteiger partial charge in [0.25, 0.3) is 5.91 Å². The van der Waals surface area contributed by atoms with Crippen molar-refractivity contribution < 1.29 is 9.21 Å². The molecule has 0 bridgehead atoms. The molecule has 2 rings (SSSR count). The fraction of sp³-hybridized carbons (Fsp3) is 0.333. The molecule has 1 heterocycles. The molecule has 0 radical (unpaired) electrons. The Labute approximate surface area is 117 Å². The van der Waals surface area contributed by atoms with Crippen LogP contribution in [0.1, 0.15) is 17.3 Å². The first-order valence-corrected chi connectivity index (χ1v) is 6.57. The van der Waals surface area contributed by atoms with Crippen molar-refractivity contribution in [2.45, 2.75) is 6.92 Å². The Morgan fingerprint density at radius 2 is 2.05 bits per heavy atom.